The molecule has 0 aromatic heterocycles. The summed E-state index contributed by atoms with van der Waals surface area (Å²) in [6.07, 6.45) is 2.96. The van der Waals surface area contributed by atoms with Gasteiger partial charge in [-0.25, -0.2) is 0 Å². The third-order valence-corrected chi connectivity index (χ3v) is 2.80. The molecule has 0 heterocycles. The summed E-state index contributed by atoms with van der Waals surface area (Å²) in [6, 6.07) is 0.479. The lowest BCUT2D eigenvalue weighted by Gasteiger charge is -2.14. The lowest BCUT2D eigenvalue weighted by atomic mass is 10.2. The molecule has 5 nitrogen and oxygen atoms in total. The summed E-state index contributed by atoms with van der Waals surface area (Å²) in [5.41, 5.74) is 0. The second-order valence-corrected chi connectivity index (χ2v) is 4.72. The van der Waals surface area contributed by atoms with Crippen LogP contribution in [0.5, 0.6) is 0 Å². The van der Waals surface area contributed by atoms with Crippen LogP contribution in [-0.4, -0.2) is 37.0 Å². The van der Waals surface area contributed by atoms with E-state index in [2.05, 4.69) is 29.8 Å². The minimum atomic E-state index is -0.145. The van der Waals surface area contributed by atoms with E-state index < -0.39 is 0 Å². The highest BCUT2D eigenvalue weighted by Crippen LogP contribution is 1.93. The van der Waals surface area contributed by atoms with Crippen LogP contribution in [0.1, 0.15) is 47.0 Å². The summed E-state index contributed by atoms with van der Waals surface area (Å²) in [4.78, 5) is 22.9. The average Bonchev–Trinajstić information content (AvgIpc) is 2.33. The van der Waals surface area contributed by atoms with Crippen LogP contribution >= 0.6 is 0 Å². The normalized spacial score (nSPS) is 13.8. The molecule has 0 aromatic rings. The number of hydrogen-bond acceptors (Lipinski definition) is 3. The predicted octanol–water partition coefficient (Wildman–Crippen LogP) is 0.796. The van der Waals surface area contributed by atoms with Gasteiger partial charge in [0.05, 0.1) is 13.1 Å². The second-order valence-electron chi connectivity index (χ2n) is 4.72. The van der Waals surface area contributed by atoms with Crippen molar-refractivity contribution in [3.63, 3.8) is 0 Å². The lowest BCUT2D eigenvalue weighted by Crippen LogP contribution is -2.44. The van der Waals surface area contributed by atoms with E-state index in [-0.39, 0.29) is 30.9 Å². The smallest absolute Gasteiger partial charge is 0.239 e. The van der Waals surface area contributed by atoms with Crippen LogP contribution < -0.4 is 16.0 Å². The summed E-state index contributed by atoms with van der Waals surface area (Å²) in [7, 11) is 0. The molecule has 0 fully saturated rings. The molecule has 0 aromatic carbocycles. The van der Waals surface area contributed by atoms with Crippen molar-refractivity contribution >= 4 is 11.8 Å². The van der Waals surface area contributed by atoms with Gasteiger partial charge in [-0.05, 0) is 26.7 Å². The molecule has 5 heteroatoms. The van der Waals surface area contributed by atoms with Gasteiger partial charge in [-0.15, -0.1) is 0 Å². The molecule has 0 spiro atoms. The minimum Gasteiger partial charge on any atom is -0.352 e. The monoisotopic (exact) mass is 257 g/mol. The van der Waals surface area contributed by atoms with Crippen LogP contribution in [0.15, 0.2) is 0 Å². The summed E-state index contributed by atoms with van der Waals surface area (Å²) in [5, 5.41) is 8.51. The fourth-order valence-corrected chi connectivity index (χ4v) is 1.48. The maximum atomic E-state index is 11.5. The van der Waals surface area contributed by atoms with Crippen molar-refractivity contribution in [3.8, 4) is 0 Å². The van der Waals surface area contributed by atoms with Crippen LogP contribution in [0.25, 0.3) is 0 Å². The predicted molar refractivity (Wildman–Crippen MR) is 73.3 cm³/mol. The molecule has 0 aliphatic heterocycles. The van der Waals surface area contributed by atoms with E-state index in [1.807, 2.05) is 13.8 Å². The van der Waals surface area contributed by atoms with Crippen LogP contribution in [-0.2, 0) is 9.59 Å². The van der Waals surface area contributed by atoms with Crippen LogP contribution in [0.3, 0.4) is 0 Å². The van der Waals surface area contributed by atoms with Crippen LogP contribution in [0.2, 0.25) is 0 Å². The summed E-state index contributed by atoms with van der Waals surface area (Å²) in [5.74, 6) is -0.276. The maximum absolute atomic E-state index is 11.5. The molecule has 18 heavy (non-hydrogen) atoms. The lowest BCUT2D eigenvalue weighted by molar-refractivity contribution is -0.126. The van der Waals surface area contributed by atoms with Gasteiger partial charge in [-0.3, -0.25) is 9.59 Å². The third kappa shape index (κ3) is 8.98. The number of carbonyl (C=O) groups excluding carboxylic acids is 2. The Bertz CT molecular complexity index is 257. The molecule has 0 saturated heterocycles. The first-order chi connectivity index (χ1) is 8.49. The Morgan fingerprint density at radius 1 is 1.00 bits per heavy atom. The first-order valence-corrected chi connectivity index (χ1v) is 6.79. The molecular weight excluding hydrogens is 230 g/mol. The Labute approximate surface area is 110 Å². The van der Waals surface area contributed by atoms with E-state index in [1.165, 1.54) is 0 Å². The quantitative estimate of drug-likeness (QED) is 0.572. The van der Waals surface area contributed by atoms with E-state index in [4.69, 9.17) is 0 Å². The van der Waals surface area contributed by atoms with Crippen molar-refractivity contribution in [1.29, 1.82) is 0 Å². The molecule has 0 saturated carbocycles. The van der Waals surface area contributed by atoms with E-state index in [9.17, 15) is 9.59 Å². The highest BCUT2D eigenvalue weighted by atomic mass is 16.2. The molecule has 0 radical (unpaired) electrons. The second kappa shape index (κ2) is 9.88. The van der Waals surface area contributed by atoms with Gasteiger partial charge in [0.1, 0.15) is 0 Å². The molecule has 0 bridgehead atoms. The molecule has 0 rings (SSSR count). The van der Waals surface area contributed by atoms with Crippen LogP contribution in [0.4, 0.5) is 0 Å². The zero-order valence-corrected chi connectivity index (χ0v) is 12.0. The SMILES string of the molecule is CCCC(C)NC(=O)CNC(=O)CN[C@@H](C)CC. The molecule has 2 atom stereocenters. The first kappa shape index (κ1) is 16.9. The summed E-state index contributed by atoms with van der Waals surface area (Å²) >= 11 is 0. The fourth-order valence-electron chi connectivity index (χ4n) is 1.48. The number of hydrogen-bond donors (Lipinski definition) is 3. The van der Waals surface area contributed by atoms with Gasteiger partial charge in [0.25, 0.3) is 0 Å². The number of amides is 2. The Morgan fingerprint density at radius 3 is 2.22 bits per heavy atom. The summed E-state index contributed by atoms with van der Waals surface area (Å²) in [6.45, 7) is 8.42. The van der Waals surface area contributed by atoms with Gasteiger partial charge in [-0.1, -0.05) is 20.3 Å². The van der Waals surface area contributed by atoms with Gasteiger partial charge in [-0.2, -0.15) is 0 Å². The van der Waals surface area contributed by atoms with E-state index >= 15 is 0 Å². The van der Waals surface area contributed by atoms with E-state index in [0.717, 1.165) is 19.3 Å². The Kier molecular flexibility index (Phi) is 9.28. The van der Waals surface area contributed by atoms with Crippen molar-refractivity contribution < 1.29 is 9.59 Å². The molecule has 0 aliphatic rings. The minimum absolute atomic E-state index is 0.0507. The van der Waals surface area contributed by atoms with Crippen molar-refractivity contribution in [2.45, 2.75) is 59.0 Å². The molecule has 1 unspecified atom stereocenters. The molecular formula is C13H27N3O2. The highest BCUT2D eigenvalue weighted by Gasteiger charge is 2.08. The van der Waals surface area contributed by atoms with Gasteiger partial charge in [0.15, 0.2) is 0 Å². The van der Waals surface area contributed by atoms with E-state index in [1.54, 1.807) is 0 Å². The van der Waals surface area contributed by atoms with Crippen LogP contribution in [0, 0.1) is 0 Å². The van der Waals surface area contributed by atoms with Gasteiger partial charge in [0.2, 0.25) is 11.8 Å². The Morgan fingerprint density at radius 2 is 1.67 bits per heavy atom. The maximum Gasteiger partial charge on any atom is 0.239 e. The topological polar surface area (TPSA) is 70.2 Å². The highest BCUT2D eigenvalue weighted by molar-refractivity contribution is 5.85. The zero-order valence-electron chi connectivity index (χ0n) is 12.0. The third-order valence-electron chi connectivity index (χ3n) is 2.80. The molecule has 106 valence electrons. The van der Waals surface area contributed by atoms with Gasteiger partial charge >= 0.3 is 0 Å². The van der Waals surface area contributed by atoms with Gasteiger partial charge in [0, 0.05) is 12.1 Å². The van der Waals surface area contributed by atoms with Gasteiger partial charge < -0.3 is 16.0 Å². The summed E-state index contributed by atoms with van der Waals surface area (Å²) < 4.78 is 0. The number of rotatable bonds is 9. The van der Waals surface area contributed by atoms with E-state index in [0.29, 0.717) is 6.04 Å². The number of carbonyl (C=O) groups is 2. The Hall–Kier alpha value is -1.10. The average molecular weight is 257 g/mol. The first-order valence-electron chi connectivity index (χ1n) is 6.79. The van der Waals surface area contributed by atoms with Crippen molar-refractivity contribution in [2.24, 2.45) is 0 Å². The van der Waals surface area contributed by atoms with Crippen molar-refractivity contribution in [2.75, 3.05) is 13.1 Å². The van der Waals surface area contributed by atoms with Crippen molar-refractivity contribution in [3.05, 3.63) is 0 Å². The molecule has 3 N–H and O–H groups in total. The number of nitrogens with one attached hydrogen (secondary N) is 3. The zero-order chi connectivity index (χ0) is 14.0. The molecule has 2 amide bonds. The Balaban J connectivity index is 3.68. The fraction of sp³-hybridized carbons (Fsp3) is 0.846. The van der Waals surface area contributed by atoms with Crippen molar-refractivity contribution in [1.82, 2.24) is 16.0 Å². The molecule has 0 aliphatic carbocycles. The largest absolute Gasteiger partial charge is 0.352 e. The standard InChI is InChI=1S/C13H27N3O2/c1-5-7-11(4)16-13(18)9-15-12(17)8-14-10(3)6-2/h10-11,14H,5-9H2,1-4H3,(H,15,17)(H,16,18)/t10-,11?/m0/s1.